The first-order chi connectivity index (χ1) is 9.81. The number of hydrogen-bond donors (Lipinski definition) is 1. The van der Waals surface area contributed by atoms with Crippen LogP contribution >= 0.6 is 11.3 Å². The number of fused-ring (bicyclic) bond motifs is 1. The molecule has 1 atom stereocenters. The highest BCUT2D eigenvalue weighted by atomic mass is 32.1. The number of aryl methyl sites for hydroxylation is 1. The molecule has 1 aliphatic heterocycles. The van der Waals surface area contributed by atoms with E-state index in [1.807, 2.05) is 23.5 Å². The number of nitrogens with zero attached hydrogens (tertiary/aromatic N) is 2. The van der Waals surface area contributed by atoms with Crippen molar-refractivity contribution in [3.63, 3.8) is 0 Å². The molecule has 3 heterocycles. The SMILES string of the molecule is Cc1ccc(C2CCCN2c2nc3ccccc3[nH]2)s1. The molecule has 3 aromatic rings. The van der Waals surface area contributed by atoms with E-state index in [1.165, 1.54) is 22.6 Å². The van der Waals surface area contributed by atoms with E-state index >= 15 is 0 Å². The molecular weight excluding hydrogens is 266 g/mol. The number of hydrogen-bond acceptors (Lipinski definition) is 3. The normalized spacial score (nSPS) is 19.1. The first kappa shape index (κ1) is 12.0. The molecule has 1 N–H and O–H groups in total. The van der Waals surface area contributed by atoms with Crippen molar-refractivity contribution in [2.45, 2.75) is 25.8 Å². The summed E-state index contributed by atoms with van der Waals surface area (Å²) in [6, 6.07) is 13.2. The van der Waals surface area contributed by atoms with Crippen molar-refractivity contribution in [1.29, 1.82) is 0 Å². The van der Waals surface area contributed by atoms with Crippen LogP contribution in [0.15, 0.2) is 36.4 Å². The van der Waals surface area contributed by atoms with Gasteiger partial charge in [0.1, 0.15) is 0 Å². The fraction of sp³-hybridized carbons (Fsp3) is 0.312. The number of thiophene rings is 1. The standard InChI is InChI=1S/C16H17N3S/c1-11-8-9-15(20-11)14-7-4-10-19(14)16-17-12-5-2-3-6-13(12)18-16/h2-3,5-6,8-9,14H,4,7,10H2,1H3,(H,17,18). The largest absolute Gasteiger partial charge is 0.335 e. The number of H-pyrrole nitrogens is 1. The summed E-state index contributed by atoms with van der Waals surface area (Å²) in [5.41, 5.74) is 2.17. The lowest BCUT2D eigenvalue weighted by Gasteiger charge is -2.23. The molecule has 1 fully saturated rings. The van der Waals surface area contributed by atoms with Crippen LogP contribution in [-0.4, -0.2) is 16.5 Å². The summed E-state index contributed by atoms with van der Waals surface area (Å²) in [7, 11) is 0. The molecular formula is C16H17N3S. The zero-order valence-corrected chi connectivity index (χ0v) is 12.3. The maximum absolute atomic E-state index is 4.75. The Hall–Kier alpha value is -1.81. The monoisotopic (exact) mass is 283 g/mol. The number of benzene rings is 1. The van der Waals surface area contributed by atoms with Gasteiger partial charge in [0.15, 0.2) is 0 Å². The Morgan fingerprint density at radius 2 is 2.15 bits per heavy atom. The molecule has 20 heavy (non-hydrogen) atoms. The smallest absolute Gasteiger partial charge is 0.204 e. The molecule has 0 aliphatic carbocycles. The number of imidazole rings is 1. The summed E-state index contributed by atoms with van der Waals surface area (Å²) in [5, 5.41) is 0. The minimum atomic E-state index is 0.481. The lowest BCUT2D eigenvalue weighted by molar-refractivity contribution is 0.720. The van der Waals surface area contributed by atoms with Crippen molar-refractivity contribution in [2.75, 3.05) is 11.4 Å². The van der Waals surface area contributed by atoms with Gasteiger partial charge in [-0.15, -0.1) is 11.3 Å². The highest BCUT2D eigenvalue weighted by molar-refractivity contribution is 7.12. The van der Waals surface area contributed by atoms with Crippen LogP contribution in [-0.2, 0) is 0 Å². The lowest BCUT2D eigenvalue weighted by Crippen LogP contribution is -2.22. The summed E-state index contributed by atoms with van der Waals surface area (Å²) >= 11 is 1.91. The van der Waals surface area contributed by atoms with Crippen LogP contribution in [0.3, 0.4) is 0 Å². The summed E-state index contributed by atoms with van der Waals surface area (Å²) in [6.07, 6.45) is 2.45. The van der Waals surface area contributed by atoms with E-state index in [-0.39, 0.29) is 0 Å². The molecule has 0 radical (unpaired) electrons. The lowest BCUT2D eigenvalue weighted by atomic mass is 10.2. The molecule has 3 nitrogen and oxygen atoms in total. The van der Waals surface area contributed by atoms with Crippen molar-refractivity contribution in [2.24, 2.45) is 0 Å². The Bertz CT molecular complexity index is 710. The fourth-order valence-electron chi connectivity index (χ4n) is 3.02. The molecule has 1 unspecified atom stereocenters. The quantitative estimate of drug-likeness (QED) is 0.761. The molecule has 1 aliphatic rings. The molecule has 4 rings (SSSR count). The number of para-hydroxylation sites is 2. The zero-order valence-electron chi connectivity index (χ0n) is 11.5. The Morgan fingerprint density at radius 1 is 1.25 bits per heavy atom. The Kier molecular flexibility index (Phi) is 2.77. The second kappa shape index (κ2) is 4.63. The van der Waals surface area contributed by atoms with Gasteiger partial charge in [-0.3, -0.25) is 0 Å². The van der Waals surface area contributed by atoms with Crippen LogP contribution in [0.2, 0.25) is 0 Å². The number of aromatic nitrogens is 2. The highest BCUT2D eigenvalue weighted by Gasteiger charge is 2.29. The van der Waals surface area contributed by atoms with Gasteiger partial charge >= 0.3 is 0 Å². The van der Waals surface area contributed by atoms with Crippen LogP contribution < -0.4 is 4.90 Å². The van der Waals surface area contributed by atoms with E-state index < -0.39 is 0 Å². The molecule has 102 valence electrons. The number of nitrogens with one attached hydrogen (secondary N) is 1. The van der Waals surface area contributed by atoms with Gasteiger partial charge in [-0.05, 0) is 44.0 Å². The van der Waals surface area contributed by atoms with Gasteiger partial charge in [-0.25, -0.2) is 4.98 Å². The first-order valence-electron chi connectivity index (χ1n) is 7.09. The third-order valence-corrected chi connectivity index (χ3v) is 5.09. The maximum Gasteiger partial charge on any atom is 0.204 e. The Balaban J connectivity index is 1.72. The molecule has 2 aromatic heterocycles. The zero-order chi connectivity index (χ0) is 13.5. The van der Waals surface area contributed by atoms with E-state index in [0.29, 0.717) is 6.04 Å². The van der Waals surface area contributed by atoms with Gasteiger partial charge in [0.2, 0.25) is 5.95 Å². The van der Waals surface area contributed by atoms with E-state index in [9.17, 15) is 0 Å². The minimum absolute atomic E-state index is 0.481. The first-order valence-corrected chi connectivity index (χ1v) is 7.90. The van der Waals surface area contributed by atoms with Crippen LogP contribution in [0.1, 0.15) is 28.6 Å². The maximum atomic E-state index is 4.75. The average molecular weight is 283 g/mol. The van der Waals surface area contributed by atoms with Gasteiger partial charge < -0.3 is 9.88 Å². The van der Waals surface area contributed by atoms with Crippen molar-refractivity contribution in [1.82, 2.24) is 9.97 Å². The number of aromatic amines is 1. The Morgan fingerprint density at radius 3 is 2.95 bits per heavy atom. The molecule has 0 amide bonds. The average Bonchev–Trinajstić information content (AvgIpc) is 3.15. The number of rotatable bonds is 2. The van der Waals surface area contributed by atoms with E-state index in [2.05, 4.69) is 41.1 Å². The fourth-order valence-corrected chi connectivity index (χ4v) is 4.05. The third-order valence-electron chi connectivity index (χ3n) is 3.99. The molecule has 1 aromatic carbocycles. The van der Waals surface area contributed by atoms with Crippen LogP contribution in [0, 0.1) is 6.92 Å². The van der Waals surface area contributed by atoms with Crippen LogP contribution in [0.25, 0.3) is 11.0 Å². The highest BCUT2D eigenvalue weighted by Crippen LogP contribution is 2.38. The molecule has 4 heteroatoms. The van der Waals surface area contributed by atoms with Crippen LogP contribution in [0.4, 0.5) is 5.95 Å². The van der Waals surface area contributed by atoms with E-state index in [1.54, 1.807) is 0 Å². The summed E-state index contributed by atoms with van der Waals surface area (Å²) < 4.78 is 0. The second-order valence-corrected chi connectivity index (χ2v) is 6.70. The molecule has 0 bridgehead atoms. The van der Waals surface area contributed by atoms with Crippen molar-refractivity contribution in [3.8, 4) is 0 Å². The Labute approximate surface area is 122 Å². The minimum Gasteiger partial charge on any atom is -0.335 e. The predicted octanol–water partition coefficient (Wildman–Crippen LogP) is 4.27. The van der Waals surface area contributed by atoms with E-state index in [4.69, 9.17) is 4.98 Å². The van der Waals surface area contributed by atoms with Gasteiger partial charge in [0.25, 0.3) is 0 Å². The van der Waals surface area contributed by atoms with Crippen molar-refractivity contribution >= 4 is 28.3 Å². The second-order valence-electron chi connectivity index (χ2n) is 5.38. The van der Waals surface area contributed by atoms with Gasteiger partial charge in [-0.1, -0.05) is 12.1 Å². The van der Waals surface area contributed by atoms with Gasteiger partial charge in [-0.2, -0.15) is 0 Å². The summed E-state index contributed by atoms with van der Waals surface area (Å²) in [4.78, 5) is 13.5. The van der Waals surface area contributed by atoms with Gasteiger partial charge in [0, 0.05) is 16.3 Å². The van der Waals surface area contributed by atoms with E-state index in [0.717, 1.165) is 23.5 Å². The van der Waals surface area contributed by atoms with Crippen molar-refractivity contribution < 1.29 is 0 Å². The summed E-state index contributed by atoms with van der Waals surface area (Å²) in [5.74, 6) is 1.01. The number of anilines is 1. The molecule has 0 saturated carbocycles. The predicted molar refractivity (Wildman–Crippen MR) is 84.5 cm³/mol. The molecule has 1 saturated heterocycles. The van der Waals surface area contributed by atoms with Crippen molar-refractivity contribution in [3.05, 3.63) is 46.2 Å². The topological polar surface area (TPSA) is 31.9 Å². The van der Waals surface area contributed by atoms with Gasteiger partial charge in [0.05, 0.1) is 17.1 Å². The van der Waals surface area contributed by atoms with Crippen LogP contribution in [0.5, 0.6) is 0 Å². The third kappa shape index (κ3) is 1.91. The summed E-state index contributed by atoms with van der Waals surface area (Å²) in [6.45, 7) is 3.26. The molecule has 0 spiro atoms.